The lowest BCUT2D eigenvalue weighted by atomic mass is 10.1. The van der Waals surface area contributed by atoms with E-state index in [2.05, 4.69) is 15.6 Å². The van der Waals surface area contributed by atoms with Gasteiger partial charge in [0.15, 0.2) is 5.96 Å². The average molecular weight is 449 g/mol. The van der Waals surface area contributed by atoms with Gasteiger partial charge in [0.25, 0.3) is 0 Å². The van der Waals surface area contributed by atoms with Gasteiger partial charge in [-0.15, -0.1) is 24.0 Å². The summed E-state index contributed by atoms with van der Waals surface area (Å²) in [6.45, 7) is 4.88. The first-order chi connectivity index (χ1) is 11.1. The molecule has 0 fully saturated rings. The van der Waals surface area contributed by atoms with E-state index in [9.17, 15) is 4.79 Å². The fourth-order valence-corrected chi connectivity index (χ4v) is 2.05. The maximum Gasteiger partial charge on any atom is 0.307 e. The first-order valence-corrected chi connectivity index (χ1v) is 7.82. The van der Waals surface area contributed by atoms with Gasteiger partial charge in [-0.25, -0.2) is 0 Å². The standard InChI is InChI=1S/C17H27N3O3.HI/c1-13(2)23-16(21)10-12-20-17(18-3)19-11-9-14-7-5-6-8-15(14)22-4;/h5-8,13H,9-12H2,1-4H3,(H2,18,19,20);1H. The molecule has 1 aromatic carbocycles. The molecule has 0 saturated heterocycles. The molecule has 6 nitrogen and oxygen atoms in total. The van der Waals surface area contributed by atoms with Gasteiger partial charge >= 0.3 is 5.97 Å². The normalized spacial score (nSPS) is 10.8. The van der Waals surface area contributed by atoms with Gasteiger partial charge in [0.2, 0.25) is 0 Å². The summed E-state index contributed by atoms with van der Waals surface area (Å²) in [5.41, 5.74) is 1.14. The zero-order chi connectivity index (χ0) is 17.1. The largest absolute Gasteiger partial charge is 0.496 e. The van der Waals surface area contributed by atoms with Crippen molar-refractivity contribution in [3.05, 3.63) is 29.8 Å². The van der Waals surface area contributed by atoms with Crippen molar-refractivity contribution < 1.29 is 14.3 Å². The molecule has 0 aromatic heterocycles. The Bertz CT molecular complexity index is 522. The molecule has 0 saturated carbocycles. The predicted octanol–water partition coefficient (Wildman–Crippen LogP) is 2.36. The molecular weight excluding hydrogens is 421 g/mol. The van der Waals surface area contributed by atoms with Gasteiger partial charge in [0, 0.05) is 20.1 Å². The number of carbonyl (C=O) groups is 1. The van der Waals surface area contributed by atoms with E-state index in [0.29, 0.717) is 18.9 Å². The van der Waals surface area contributed by atoms with Crippen LogP contribution in [-0.2, 0) is 16.0 Å². The molecule has 136 valence electrons. The maximum absolute atomic E-state index is 11.5. The molecule has 0 aliphatic heterocycles. The number of para-hydroxylation sites is 1. The zero-order valence-corrected chi connectivity index (χ0v) is 17.1. The van der Waals surface area contributed by atoms with Crippen LogP contribution >= 0.6 is 24.0 Å². The Labute approximate surface area is 161 Å². The van der Waals surface area contributed by atoms with Crippen molar-refractivity contribution in [1.82, 2.24) is 10.6 Å². The van der Waals surface area contributed by atoms with E-state index in [0.717, 1.165) is 24.3 Å². The van der Waals surface area contributed by atoms with Crippen LogP contribution in [0.15, 0.2) is 29.3 Å². The lowest BCUT2D eigenvalue weighted by Gasteiger charge is -2.13. The van der Waals surface area contributed by atoms with Crippen LogP contribution in [-0.4, -0.2) is 45.3 Å². The van der Waals surface area contributed by atoms with Gasteiger partial charge in [0.05, 0.1) is 19.6 Å². The number of hydrogen-bond donors (Lipinski definition) is 2. The SMILES string of the molecule is CN=C(NCCC(=O)OC(C)C)NCCc1ccccc1OC.I. The molecule has 2 N–H and O–H groups in total. The first-order valence-electron chi connectivity index (χ1n) is 7.82. The Balaban J connectivity index is 0.00000529. The second-order valence-electron chi connectivity index (χ2n) is 5.28. The highest BCUT2D eigenvalue weighted by Gasteiger charge is 2.06. The molecule has 0 bridgehead atoms. The number of esters is 1. The van der Waals surface area contributed by atoms with E-state index in [1.807, 2.05) is 38.1 Å². The summed E-state index contributed by atoms with van der Waals surface area (Å²) in [4.78, 5) is 15.6. The Hall–Kier alpha value is -1.51. The molecule has 7 heteroatoms. The van der Waals surface area contributed by atoms with E-state index in [1.54, 1.807) is 14.2 Å². The molecule has 1 rings (SSSR count). The Morgan fingerprint density at radius 3 is 2.50 bits per heavy atom. The van der Waals surface area contributed by atoms with Crippen LogP contribution in [0.2, 0.25) is 0 Å². The van der Waals surface area contributed by atoms with E-state index >= 15 is 0 Å². The summed E-state index contributed by atoms with van der Waals surface area (Å²) in [7, 11) is 3.37. The highest BCUT2D eigenvalue weighted by atomic mass is 127. The minimum atomic E-state index is -0.211. The smallest absolute Gasteiger partial charge is 0.307 e. The van der Waals surface area contributed by atoms with Gasteiger partial charge in [0.1, 0.15) is 5.75 Å². The van der Waals surface area contributed by atoms with E-state index in [4.69, 9.17) is 9.47 Å². The van der Waals surface area contributed by atoms with Crippen molar-refractivity contribution >= 4 is 35.9 Å². The molecule has 0 atom stereocenters. The predicted molar refractivity (Wildman–Crippen MR) is 107 cm³/mol. The molecule has 0 amide bonds. The molecule has 0 aliphatic carbocycles. The van der Waals surface area contributed by atoms with Crippen LogP contribution in [0.4, 0.5) is 0 Å². The second kappa shape index (κ2) is 12.9. The van der Waals surface area contributed by atoms with E-state index < -0.39 is 0 Å². The van der Waals surface area contributed by atoms with Gasteiger partial charge in [-0.2, -0.15) is 0 Å². The molecule has 24 heavy (non-hydrogen) atoms. The lowest BCUT2D eigenvalue weighted by molar-refractivity contribution is -0.147. The number of methoxy groups -OCH3 is 1. The summed E-state index contributed by atoms with van der Waals surface area (Å²) in [5.74, 6) is 1.34. The third-order valence-corrected chi connectivity index (χ3v) is 3.09. The van der Waals surface area contributed by atoms with Gasteiger partial charge < -0.3 is 20.1 Å². The molecule has 0 radical (unpaired) electrons. The van der Waals surface area contributed by atoms with Crippen molar-refractivity contribution in [2.45, 2.75) is 32.8 Å². The van der Waals surface area contributed by atoms with E-state index in [-0.39, 0.29) is 36.0 Å². The summed E-state index contributed by atoms with van der Waals surface area (Å²) in [5, 5.41) is 6.31. The molecule has 0 spiro atoms. The van der Waals surface area contributed by atoms with Crippen molar-refractivity contribution in [3.8, 4) is 5.75 Å². The number of guanidine groups is 1. The highest BCUT2D eigenvalue weighted by Crippen LogP contribution is 2.17. The molecule has 1 aromatic rings. The number of hydrogen-bond acceptors (Lipinski definition) is 4. The fourth-order valence-electron chi connectivity index (χ4n) is 2.05. The Kier molecular flexibility index (Phi) is 12.0. The summed E-state index contributed by atoms with van der Waals surface area (Å²) in [6, 6.07) is 7.93. The van der Waals surface area contributed by atoms with Crippen LogP contribution in [0.1, 0.15) is 25.8 Å². The number of nitrogens with zero attached hydrogens (tertiary/aromatic N) is 1. The van der Waals surface area contributed by atoms with Crippen LogP contribution in [0, 0.1) is 0 Å². The van der Waals surface area contributed by atoms with Crippen LogP contribution in [0.25, 0.3) is 0 Å². The van der Waals surface area contributed by atoms with Crippen molar-refractivity contribution in [2.24, 2.45) is 4.99 Å². The zero-order valence-electron chi connectivity index (χ0n) is 14.8. The number of ether oxygens (including phenoxy) is 2. The number of rotatable bonds is 8. The number of carbonyl (C=O) groups excluding carboxylic acids is 1. The van der Waals surface area contributed by atoms with Crippen molar-refractivity contribution in [2.75, 3.05) is 27.2 Å². The number of halogens is 1. The Morgan fingerprint density at radius 2 is 1.88 bits per heavy atom. The van der Waals surface area contributed by atoms with Crippen LogP contribution in [0.3, 0.4) is 0 Å². The monoisotopic (exact) mass is 449 g/mol. The topological polar surface area (TPSA) is 72.0 Å². The number of aliphatic imine (C=N–C) groups is 1. The highest BCUT2D eigenvalue weighted by molar-refractivity contribution is 14.0. The Morgan fingerprint density at radius 1 is 1.21 bits per heavy atom. The third-order valence-electron chi connectivity index (χ3n) is 3.09. The second-order valence-corrected chi connectivity index (χ2v) is 5.28. The average Bonchev–Trinajstić information content (AvgIpc) is 2.53. The van der Waals surface area contributed by atoms with Crippen molar-refractivity contribution in [1.29, 1.82) is 0 Å². The van der Waals surface area contributed by atoms with E-state index in [1.165, 1.54) is 0 Å². The fraction of sp³-hybridized carbons (Fsp3) is 0.529. The van der Waals surface area contributed by atoms with Gasteiger partial charge in [-0.3, -0.25) is 9.79 Å². The maximum atomic E-state index is 11.5. The first kappa shape index (κ1) is 22.5. The summed E-state index contributed by atoms with van der Waals surface area (Å²) >= 11 is 0. The van der Waals surface area contributed by atoms with Crippen molar-refractivity contribution in [3.63, 3.8) is 0 Å². The summed E-state index contributed by atoms with van der Waals surface area (Å²) in [6.07, 6.45) is 1.05. The number of benzene rings is 1. The molecule has 0 heterocycles. The third kappa shape index (κ3) is 8.95. The quantitative estimate of drug-likeness (QED) is 0.276. The summed E-state index contributed by atoms with van der Waals surface area (Å²) < 4.78 is 10.4. The molecule has 0 aliphatic rings. The number of nitrogens with one attached hydrogen (secondary N) is 2. The van der Waals surface area contributed by atoms with Crippen LogP contribution in [0.5, 0.6) is 5.75 Å². The minimum Gasteiger partial charge on any atom is -0.496 e. The minimum absolute atomic E-state index is 0. The van der Waals surface area contributed by atoms with Crippen LogP contribution < -0.4 is 15.4 Å². The lowest BCUT2D eigenvalue weighted by Crippen LogP contribution is -2.39. The molecular formula is C17H28IN3O3. The molecule has 0 unspecified atom stereocenters. The van der Waals surface area contributed by atoms with Gasteiger partial charge in [-0.1, -0.05) is 18.2 Å². The van der Waals surface area contributed by atoms with Gasteiger partial charge in [-0.05, 0) is 31.9 Å².